The normalized spacial score (nSPS) is 16.6. The Kier molecular flexibility index (Phi) is 3.66. The molecule has 0 aromatic carbocycles. The van der Waals surface area contributed by atoms with Crippen LogP contribution in [0.5, 0.6) is 0 Å². The number of nitrogens with zero attached hydrogens (tertiary/aromatic N) is 4. The number of amides is 1. The molecule has 0 saturated carbocycles. The molecule has 2 aromatic heterocycles. The van der Waals surface area contributed by atoms with E-state index >= 15 is 0 Å². The molecule has 112 valence electrons. The van der Waals surface area contributed by atoms with E-state index in [0.29, 0.717) is 0 Å². The second-order valence-electron chi connectivity index (χ2n) is 5.89. The van der Waals surface area contributed by atoms with Crippen LogP contribution < -0.4 is 0 Å². The molecular formula is C16H22N4O. The largest absolute Gasteiger partial charge is 0.339 e. The molecular weight excluding hydrogens is 264 g/mol. The predicted molar refractivity (Wildman–Crippen MR) is 82.4 cm³/mol. The Morgan fingerprint density at radius 3 is 2.76 bits per heavy atom. The minimum atomic E-state index is 0.117. The fraction of sp³-hybridized carbons (Fsp3) is 0.562. The maximum Gasteiger partial charge on any atom is 0.254 e. The molecule has 5 heteroatoms. The standard InChI is InChI=1S/C16H22N4O/c1-4-12(3)20-15-14(10-17-20)13(9-11(2)18-15)16(21)19-7-5-6-8-19/h9-10,12H,4-8H2,1-3H3. The molecule has 3 heterocycles. The first-order chi connectivity index (χ1) is 10.1. The zero-order chi connectivity index (χ0) is 15.0. The summed E-state index contributed by atoms with van der Waals surface area (Å²) in [5.41, 5.74) is 2.44. The second-order valence-corrected chi connectivity index (χ2v) is 5.89. The van der Waals surface area contributed by atoms with E-state index in [4.69, 9.17) is 0 Å². The number of fused-ring (bicyclic) bond motifs is 1. The number of likely N-dealkylation sites (tertiary alicyclic amines) is 1. The van der Waals surface area contributed by atoms with Crippen LogP contribution in [0.1, 0.15) is 55.2 Å². The van der Waals surface area contributed by atoms with Crippen LogP contribution in [-0.2, 0) is 0 Å². The van der Waals surface area contributed by atoms with Gasteiger partial charge in [-0.1, -0.05) is 6.92 Å². The van der Waals surface area contributed by atoms with E-state index in [0.717, 1.165) is 54.6 Å². The van der Waals surface area contributed by atoms with Crippen molar-refractivity contribution in [1.82, 2.24) is 19.7 Å². The van der Waals surface area contributed by atoms with Crippen LogP contribution in [-0.4, -0.2) is 38.7 Å². The molecule has 1 amide bonds. The van der Waals surface area contributed by atoms with Crippen molar-refractivity contribution in [3.05, 3.63) is 23.5 Å². The van der Waals surface area contributed by atoms with Crippen molar-refractivity contribution in [3.8, 4) is 0 Å². The van der Waals surface area contributed by atoms with Gasteiger partial charge in [0.15, 0.2) is 5.65 Å². The summed E-state index contributed by atoms with van der Waals surface area (Å²) in [6.07, 6.45) is 4.98. The monoisotopic (exact) mass is 286 g/mol. The van der Waals surface area contributed by atoms with Gasteiger partial charge in [-0.25, -0.2) is 9.67 Å². The number of rotatable bonds is 3. The number of carbonyl (C=O) groups is 1. The molecule has 1 aliphatic rings. The Balaban J connectivity index is 2.10. The minimum absolute atomic E-state index is 0.117. The van der Waals surface area contributed by atoms with Crippen molar-refractivity contribution in [3.63, 3.8) is 0 Å². The van der Waals surface area contributed by atoms with Crippen LogP contribution >= 0.6 is 0 Å². The van der Waals surface area contributed by atoms with Crippen molar-refractivity contribution in [2.24, 2.45) is 0 Å². The van der Waals surface area contributed by atoms with Crippen LogP contribution in [0.2, 0.25) is 0 Å². The van der Waals surface area contributed by atoms with E-state index < -0.39 is 0 Å². The van der Waals surface area contributed by atoms with Gasteiger partial charge >= 0.3 is 0 Å². The summed E-state index contributed by atoms with van der Waals surface area (Å²) in [7, 11) is 0. The number of pyridine rings is 1. The van der Waals surface area contributed by atoms with Crippen molar-refractivity contribution in [1.29, 1.82) is 0 Å². The van der Waals surface area contributed by atoms with Crippen LogP contribution in [0.3, 0.4) is 0 Å². The molecule has 1 atom stereocenters. The molecule has 1 fully saturated rings. The molecule has 21 heavy (non-hydrogen) atoms. The molecule has 0 bridgehead atoms. The van der Waals surface area contributed by atoms with Crippen molar-refractivity contribution < 1.29 is 4.79 Å². The highest BCUT2D eigenvalue weighted by Gasteiger charge is 2.23. The number of aromatic nitrogens is 3. The number of aryl methyl sites for hydroxylation is 1. The van der Waals surface area contributed by atoms with Gasteiger partial charge in [0.1, 0.15) is 0 Å². The SMILES string of the molecule is CCC(C)n1ncc2c(C(=O)N3CCCC3)cc(C)nc21. The number of carbonyl (C=O) groups excluding carboxylic acids is 1. The average molecular weight is 286 g/mol. The highest BCUT2D eigenvalue weighted by atomic mass is 16.2. The summed E-state index contributed by atoms with van der Waals surface area (Å²) in [6, 6.07) is 2.18. The topological polar surface area (TPSA) is 51.0 Å². The zero-order valence-electron chi connectivity index (χ0n) is 13.0. The van der Waals surface area contributed by atoms with E-state index in [9.17, 15) is 4.79 Å². The van der Waals surface area contributed by atoms with E-state index in [1.54, 1.807) is 6.20 Å². The van der Waals surface area contributed by atoms with E-state index in [-0.39, 0.29) is 11.9 Å². The van der Waals surface area contributed by atoms with Crippen LogP contribution in [0.25, 0.3) is 11.0 Å². The number of hydrogen-bond acceptors (Lipinski definition) is 3. The van der Waals surface area contributed by atoms with Gasteiger partial charge in [-0.3, -0.25) is 4.79 Å². The fourth-order valence-electron chi connectivity index (χ4n) is 2.91. The fourth-order valence-corrected chi connectivity index (χ4v) is 2.91. The lowest BCUT2D eigenvalue weighted by atomic mass is 10.1. The Labute approximate surface area is 125 Å². The molecule has 0 N–H and O–H groups in total. The third-order valence-electron chi connectivity index (χ3n) is 4.33. The summed E-state index contributed by atoms with van der Waals surface area (Å²) in [4.78, 5) is 19.3. The van der Waals surface area contributed by atoms with Gasteiger partial charge < -0.3 is 4.90 Å². The van der Waals surface area contributed by atoms with Gasteiger partial charge in [-0.15, -0.1) is 0 Å². The van der Waals surface area contributed by atoms with Crippen LogP contribution in [0.15, 0.2) is 12.3 Å². The highest BCUT2D eigenvalue weighted by molar-refractivity contribution is 6.05. The lowest BCUT2D eigenvalue weighted by molar-refractivity contribution is 0.0794. The summed E-state index contributed by atoms with van der Waals surface area (Å²) in [6.45, 7) is 7.92. The van der Waals surface area contributed by atoms with Crippen molar-refractivity contribution in [2.45, 2.75) is 46.1 Å². The van der Waals surface area contributed by atoms with Gasteiger partial charge in [-0.2, -0.15) is 5.10 Å². The molecule has 2 aromatic rings. The quantitative estimate of drug-likeness (QED) is 0.871. The molecule has 0 spiro atoms. The first kappa shape index (κ1) is 14.0. The van der Waals surface area contributed by atoms with Gasteiger partial charge in [-0.05, 0) is 39.2 Å². The third kappa shape index (κ3) is 2.41. The molecule has 0 aliphatic carbocycles. The number of hydrogen-bond donors (Lipinski definition) is 0. The first-order valence-electron chi connectivity index (χ1n) is 7.76. The minimum Gasteiger partial charge on any atom is -0.339 e. The molecule has 5 nitrogen and oxygen atoms in total. The van der Waals surface area contributed by atoms with E-state index in [1.165, 1.54) is 0 Å². The van der Waals surface area contributed by atoms with Gasteiger partial charge in [0, 0.05) is 18.8 Å². The van der Waals surface area contributed by atoms with Crippen molar-refractivity contribution >= 4 is 16.9 Å². The zero-order valence-corrected chi connectivity index (χ0v) is 13.0. The Hall–Kier alpha value is -1.91. The smallest absolute Gasteiger partial charge is 0.254 e. The first-order valence-corrected chi connectivity index (χ1v) is 7.76. The Bertz CT molecular complexity index is 670. The molecule has 1 unspecified atom stereocenters. The van der Waals surface area contributed by atoms with Crippen LogP contribution in [0, 0.1) is 6.92 Å². The average Bonchev–Trinajstić information content (AvgIpc) is 3.14. The Morgan fingerprint density at radius 1 is 1.38 bits per heavy atom. The molecule has 0 radical (unpaired) electrons. The van der Waals surface area contributed by atoms with Crippen molar-refractivity contribution in [2.75, 3.05) is 13.1 Å². The second kappa shape index (κ2) is 5.47. The maximum atomic E-state index is 12.7. The van der Waals surface area contributed by atoms with E-state index in [1.807, 2.05) is 22.6 Å². The summed E-state index contributed by atoms with van der Waals surface area (Å²) in [5, 5.41) is 5.33. The maximum absolute atomic E-state index is 12.7. The van der Waals surface area contributed by atoms with Crippen LogP contribution in [0.4, 0.5) is 0 Å². The van der Waals surface area contributed by atoms with Gasteiger partial charge in [0.2, 0.25) is 0 Å². The summed E-state index contributed by atoms with van der Waals surface area (Å²) >= 11 is 0. The molecule has 1 aliphatic heterocycles. The molecule has 3 rings (SSSR count). The van der Waals surface area contributed by atoms with Gasteiger partial charge in [0.05, 0.1) is 23.2 Å². The Morgan fingerprint density at radius 2 is 2.10 bits per heavy atom. The molecule has 1 saturated heterocycles. The predicted octanol–water partition coefficient (Wildman–Crippen LogP) is 2.95. The highest BCUT2D eigenvalue weighted by Crippen LogP contribution is 2.24. The van der Waals surface area contributed by atoms with E-state index in [2.05, 4.69) is 23.9 Å². The van der Waals surface area contributed by atoms with Gasteiger partial charge in [0.25, 0.3) is 5.91 Å². The summed E-state index contributed by atoms with van der Waals surface area (Å²) < 4.78 is 1.93. The lowest BCUT2D eigenvalue weighted by Gasteiger charge is -2.16. The lowest BCUT2D eigenvalue weighted by Crippen LogP contribution is -2.27. The summed E-state index contributed by atoms with van der Waals surface area (Å²) in [5.74, 6) is 0.117. The third-order valence-corrected chi connectivity index (χ3v) is 4.33.